The van der Waals surface area contributed by atoms with Crippen molar-refractivity contribution in [3.8, 4) is 5.75 Å². The number of likely N-dealkylation sites (tertiary alicyclic amines) is 1. The first-order valence-electron chi connectivity index (χ1n) is 8.18. The van der Waals surface area contributed by atoms with Crippen molar-refractivity contribution < 1.29 is 9.53 Å². The predicted octanol–water partition coefficient (Wildman–Crippen LogP) is 3.07. The summed E-state index contributed by atoms with van der Waals surface area (Å²) < 4.78 is 5.53. The minimum absolute atomic E-state index is 0.0497. The van der Waals surface area contributed by atoms with Crippen molar-refractivity contribution >= 4 is 17.3 Å². The fourth-order valence-corrected chi connectivity index (χ4v) is 4.73. The van der Waals surface area contributed by atoms with Gasteiger partial charge in [-0.25, -0.2) is 0 Å². The normalized spacial score (nSPS) is 29.3. The minimum atomic E-state index is 0.0497. The summed E-state index contributed by atoms with van der Waals surface area (Å²) in [5.41, 5.74) is 3.73. The minimum Gasteiger partial charge on any atom is -0.494 e. The highest BCUT2D eigenvalue weighted by molar-refractivity contribution is 6.04. The van der Waals surface area contributed by atoms with E-state index < -0.39 is 0 Å². The van der Waals surface area contributed by atoms with Gasteiger partial charge in [-0.3, -0.25) is 9.79 Å². The number of aliphatic imine (C=N–C) groups is 1. The lowest BCUT2D eigenvalue weighted by Crippen LogP contribution is -2.55. The number of rotatable bonds is 1. The van der Waals surface area contributed by atoms with Crippen LogP contribution in [0.25, 0.3) is 0 Å². The Bertz CT molecular complexity index is 667. The molecule has 4 rings (SSSR count). The zero-order valence-corrected chi connectivity index (χ0v) is 13.3. The first kappa shape index (κ1) is 13.8. The van der Waals surface area contributed by atoms with Gasteiger partial charge in [-0.1, -0.05) is 12.1 Å². The summed E-state index contributed by atoms with van der Waals surface area (Å²) in [5, 5.41) is 0. The molecule has 0 unspecified atom stereocenters. The fourth-order valence-electron chi connectivity index (χ4n) is 4.73. The van der Waals surface area contributed by atoms with Gasteiger partial charge in [0, 0.05) is 31.1 Å². The van der Waals surface area contributed by atoms with Crippen molar-refractivity contribution in [3.63, 3.8) is 0 Å². The van der Waals surface area contributed by atoms with Crippen molar-refractivity contribution in [2.75, 3.05) is 20.2 Å². The Morgan fingerprint density at radius 2 is 2.32 bits per heavy atom. The van der Waals surface area contributed by atoms with Crippen molar-refractivity contribution in [2.24, 2.45) is 10.9 Å². The summed E-state index contributed by atoms with van der Waals surface area (Å²) in [6.45, 7) is 3.38. The van der Waals surface area contributed by atoms with Gasteiger partial charge in [-0.05, 0) is 43.2 Å². The molecule has 0 N–H and O–H groups in total. The standard InChI is InChI=1S/C18H22N2O2/c1-12(21)20-10-9-18-13(11-20)5-3-8-16(18)19-17-14(18)6-4-7-15(17)22-2/h4,6-7,13H,3,5,8-11H2,1-2H3/t13-,18-/m1/s1. The Balaban J connectivity index is 1.82. The Kier molecular flexibility index (Phi) is 3.03. The van der Waals surface area contributed by atoms with Crippen LogP contribution in [-0.2, 0) is 10.2 Å². The highest BCUT2D eigenvalue weighted by atomic mass is 16.5. The summed E-state index contributed by atoms with van der Waals surface area (Å²) in [7, 11) is 1.71. The van der Waals surface area contributed by atoms with E-state index in [9.17, 15) is 4.79 Å². The number of para-hydroxylation sites is 1. The van der Waals surface area contributed by atoms with Gasteiger partial charge in [0.1, 0.15) is 11.4 Å². The number of carbonyl (C=O) groups is 1. The molecule has 1 aliphatic carbocycles. The van der Waals surface area contributed by atoms with Crippen molar-refractivity contribution in [2.45, 2.75) is 38.0 Å². The summed E-state index contributed by atoms with van der Waals surface area (Å²) in [6, 6.07) is 6.29. The second kappa shape index (κ2) is 4.83. The third-order valence-corrected chi connectivity index (χ3v) is 5.79. The molecule has 22 heavy (non-hydrogen) atoms. The molecule has 2 heterocycles. The number of ether oxygens (including phenoxy) is 1. The van der Waals surface area contributed by atoms with Gasteiger partial charge < -0.3 is 9.64 Å². The van der Waals surface area contributed by atoms with Gasteiger partial charge in [0.25, 0.3) is 0 Å². The largest absolute Gasteiger partial charge is 0.494 e. The molecule has 1 aromatic carbocycles. The topological polar surface area (TPSA) is 41.9 Å². The second-order valence-electron chi connectivity index (χ2n) is 6.69. The molecule has 4 nitrogen and oxygen atoms in total. The lowest BCUT2D eigenvalue weighted by molar-refractivity contribution is -0.131. The number of amides is 1. The van der Waals surface area contributed by atoms with Gasteiger partial charge in [-0.15, -0.1) is 0 Å². The average molecular weight is 298 g/mol. The van der Waals surface area contributed by atoms with Crippen LogP contribution in [0.2, 0.25) is 0 Å². The molecule has 0 aromatic heterocycles. The molecule has 116 valence electrons. The number of hydrogen-bond donors (Lipinski definition) is 0. The summed E-state index contributed by atoms with van der Waals surface area (Å²) in [6.07, 6.45) is 4.43. The third-order valence-electron chi connectivity index (χ3n) is 5.79. The van der Waals surface area contributed by atoms with Crippen LogP contribution in [-0.4, -0.2) is 36.7 Å². The van der Waals surface area contributed by atoms with E-state index in [1.54, 1.807) is 14.0 Å². The van der Waals surface area contributed by atoms with E-state index in [0.717, 1.165) is 37.4 Å². The van der Waals surface area contributed by atoms with Crippen LogP contribution < -0.4 is 4.74 Å². The third kappa shape index (κ3) is 1.70. The fraction of sp³-hybridized carbons (Fsp3) is 0.556. The molecule has 1 spiro atoms. The summed E-state index contributed by atoms with van der Waals surface area (Å²) >= 11 is 0. The van der Waals surface area contributed by atoms with E-state index in [-0.39, 0.29) is 11.3 Å². The van der Waals surface area contributed by atoms with Crippen LogP contribution in [0.15, 0.2) is 23.2 Å². The van der Waals surface area contributed by atoms with Crippen molar-refractivity contribution in [3.05, 3.63) is 23.8 Å². The Labute approximate surface area is 131 Å². The lowest BCUT2D eigenvalue weighted by Gasteiger charge is -2.49. The van der Waals surface area contributed by atoms with Gasteiger partial charge in [0.15, 0.2) is 0 Å². The first-order valence-corrected chi connectivity index (χ1v) is 8.18. The zero-order chi connectivity index (χ0) is 15.3. The molecule has 2 atom stereocenters. The quantitative estimate of drug-likeness (QED) is 0.799. The zero-order valence-electron chi connectivity index (χ0n) is 13.3. The highest BCUT2D eigenvalue weighted by Crippen LogP contribution is 2.56. The van der Waals surface area contributed by atoms with Crippen LogP contribution >= 0.6 is 0 Å². The molecule has 1 amide bonds. The van der Waals surface area contributed by atoms with Crippen molar-refractivity contribution in [1.82, 2.24) is 4.90 Å². The van der Waals surface area contributed by atoms with Crippen LogP contribution in [0.5, 0.6) is 5.75 Å². The number of hydrogen-bond acceptors (Lipinski definition) is 3. The maximum absolute atomic E-state index is 11.8. The van der Waals surface area contributed by atoms with Gasteiger partial charge >= 0.3 is 0 Å². The first-order chi connectivity index (χ1) is 10.7. The average Bonchev–Trinajstić information content (AvgIpc) is 2.87. The Morgan fingerprint density at radius 1 is 1.45 bits per heavy atom. The number of piperidine rings is 1. The van der Waals surface area contributed by atoms with E-state index in [4.69, 9.17) is 9.73 Å². The molecule has 0 radical (unpaired) electrons. The van der Waals surface area contributed by atoms with E-state index >= 15 is 0 Å². The SMILES string of the molecule is COc1cccc2c1N=C1CCC[C@@H]3CN(C(C)=O)CC[C@]123. The van der Waals surface area contributed by atoms with Gasteiger partial charge in [-0.2, -0.15) is 0 Å². The van der Waals surface area contributed by atoms with Gasteiger partial charge in [0.05, 0.1) is 7.11 Å². The number of nitrogens with zero attached hydrogens (tertiary/aromatic N) is 2. The van der Waals surface area contributed by atoms with Crippen LogP contribution in [0, 0.1) is 5.92 Å². The molecule has 3 aliphatic rings. The maximum atomic E-state index is 11.8. The molecule has 0 bridgehead atoms. The van der Waals surface area contributed by atoms with Crippen LogP contribution in [0.4, 0.5) is 5.69 Å². The predicted molar refractivity (Wildman–Crippen MR) is 86.0 cm³/mol. The number of methoxy groups -OCH3 is 1. The van der Waals surface area contributed by atoms with E-state index in [1.165, 1.54) is 24.1 Å². The number of carbonyl (C=O) groups excluding carboxylic acids is 1. The smallest absolute Gasteiger partial charge is 0.219 e. The second-order valence-corrected chi connectivity index (χ2v) is 6.69. The maximum Gasteiger partial charge on any atom is 0.219 e. The molecule has 1 aromatic rings. The molecule has 1 saturated carbocycles. The summed E-state index contributed by atoms with van der Waals surface area (Å²) in [5.74, 6) is 1.57. The number of fused-ring (bicyclic) bond motifs is 1. The van der Waals surface area contributed by atoms with Crippen molar-refractivity contribution in [1.29, 1.82) is 0 Å². The monoisotopic (exact) mass is 298 g/mol. The molecule has 1 saturated heterocycles. The molecule has 2 fully saturated rings. The molecule has 2 aliphatic heterocycles. The molecule has 4 heteroatoms. The molecular formula is C18H22N2O2. The Hall–Kier alpha value is -1.84. The lowest BCUT2D eigenvalue weighted by atomic mass is 9.59. The van der Waals surface area contributed by atoms with E-state index in [0.29, 0.717) is 5.92 Å². The highest BCUT2D eigenvalue weighted by Gasteiger charge is 2.53. The molecular weight excluding hydrogens is 276 g/mol. The Morgan fingerprint density at radius 3 is 3.09 bits per heavy atom. The van der Waals surface area contributed by atoms with Crippen LogP contribution in [0.3, 0.4) is 0 Å². The van der Waals surface area contributed by atoms with Crippen LogP contribution in [0.1, 0.15) is 38.2 Å². The number of benzene rings is 1. The summed E-state index contributed by atoms with van der Waals surface area (Å²) in [4.78, 5) is 18.8. The van der Waals surface area contributed by atoms with Gasteiger partial charge in [0.2, 0.25) is 5.91 Å². The van der Waals surface area contributed by atoms with E-state index in [2.05, 4.69) is 12.1 Å². The van der Waals surface area contributed by atoms with E-state index in [1.807, 2.05) is 11.0 Å².